The highest BCUT2D eigenvalue weighted by Gasteiger charge is 2.09. The average Bonchev–Trinajstić information content (AvgIpc) is 2.76. The maximum absolute atomic E-state index is 12.6. The minimum absolute atomic E-state index is 0.131. The second-order valence-corrected chi connectivity index (χ2v) is 9.82. The maximum Gasteiger partial charge on any atom is 0.187 e. The van der Waals surface area contributed by atoms with E-state index in [1.807, 2.05) is 6.08 Å². The summed E-state index contributed by atoms with van der Waals surface area (Å²) in [7, 11) is 0. The molecule has 0 heterocycles. The quantitative estimate of drug-likeness (QED) is 0.145. The van der Waals surface area contributed by atoms with Gasteiger partial charge in [-0.2, -0.15) is 0 Å². The van der Waals surface area contributed by atoms with Crippen molar-refractivity contribution in [2.24, 2.45) is 0 Å². The molecule has 0 aromatic heterocycles. The van der Waals surface area contributed by atoms with Gasteiger partial charge in [-0.1, -0.05) is 93.9 Å². The lowest BCUT2D eigenvalue weighted by atomic mass is 9.99. The molecule has 32 heavy (non-hydrogen) atoms. The van der Waals surface area contributed by atoms with Gasteiger partial charge in [-0.15, -0.1) is 0 Å². The normalized spacial score (nSPS) is 11.2. The van der Waals surface area contributed by atoms with Crippen LogP contribution in [0.3, 0.4) is 0 Å². The lowest BCUT2D eigenvalue weighted by molar-refractivity contribution is 0.104. The molecule has 166 valence electrons. The second kappa shape index (κ2) is 12.4. The summed E-state index contributed by atoms with van der Waals surface area (Å²) in [5.74, 6) is -0.131. The molecule has 0 saturated carbocycles. The SMILES string of the molecule is Cc1ccc(CCCCCCc2ccc(Br)cc2/C=C/C(=O)c2ccc(Cl)cc2Cl)cc1. The molecule has 0 radical (unpaired) electrons. The standard InChI is InChI=1S/C28H27BrCl2O/c1-20-8-10-21(11-9-20)6-4-2-3-5-7-22-12-14-24(29)18-23(22)13-17-28(32)26-16-15-25(30)19-27(26)31/h8-19H,2-7H2,1H3/b17-13+. The molecule has 1 nitrogen and oxygen atoms in total. The zero-order valence-corrected chi connectivity index (χ0v) is 21.3. The Morgan fingerprint density at radius 2 is 1.59 bits per heavy atom. The molecule has 0 aliphatic carbocycles. The van der Waals surface area contributed by atoms with Crippen LogP contribution in [0.4, 0.5) is 0 Å². The molecule has 0 N–H and O–H groups in total. The van der Waals surface area contributed by atoms with Gasteiger partial charge in [-0.25, -0.2) is 0 Å². The summed E-state index contributed by atoms with van der Waals surface area (Å²) in [6.45, 7) is 2.12. The van der Waals surface area contributed by atoms with Crippen molar-refractivity contribution in [3.05, 3.63) is 109 Å². The van der Waals surface area contributed by atoms with Gasteiger partial charge >= 0.3 is 0 Å². The van der Waals surface area contributed by atoms with E-state index in [1.54, 1.807) is 24.3 Å². The molecule has 0 spiro atoms. The van der Waals surface area contributed by atoms with Crippen LogP contribution in [0.5, 0.6) is 0 Å². The summed E-state index contributed by atoms with van der Waals surface area (Å²) < 4.78 is 0.996. The molecule has 0 aliphatic heterocycles. The van der Waals surface area contributed by atoms with Gasteiger partial charge in [0.1, 0.15) is 0 Å². The second-order valence-electron chi connectivity index (χ2n) is 8.06. The van der Waals surface area contributed by atoms with Gasteiger partial charge < -0.3 is 0 Å². The summed E-state index contributed by atoms with van der Waals surface area (Å²) in [4.78, 5) is 12.6. The van der Waals surface area contributed by atoms with Gasteiger partial charge in [0, 0.05) is 15.1 Å². The van der Waals surface area contributed by atoms with Crippen LogP contribution >= 0.6 is 39.1 Å². The first-order chi connectivity index (χ1) is 15.4. The molecule has 0 amide bonds. The summed E-state index contributed by atoms with van der Waals surface area (Å²) in [6.07, 6.45) is 10.4. The molecule has 0 saturated heterocycles. The van der Waals surface area contributed by atoms with E-state index in [0.29, 0.717) is 15.6 Å². The number of unbranched alkanes of at least 4 members (excludes halogenated alkanes) is 3. The molecule has 0 unspecified atom stereocenters. The van der Waals surface area contributed by atoms with Gasteiger partial charge in [0.2, 0.25) is 0 Å². The first kappa shape index (κ1) is 24.8. The zero-order chi connectivity index (χ0) is 22.9. The van der Waals surface area contributed by atoms with Crippen molar-refractivity contribution in [3.8, 4) is 0 Å². The smallest absolute Gasteiger partial charge is 0.187 e. The van der Waals surface area contributed by atoms with Crippen molar-refractivity contribution in [2.75, 3.05) is 0 Å². The van der Waals surface area contributed by atoms with Crippen molar-refractivity contribution >= 4 is 51.0 Å². The Morgan fingerprint density at radius 3 is 2.31 bits per heavy atom. The zero-order valence-electron chi connectivity index (χ0n) is 18.2. The number of halogens is 3. The molecule has 4 heteroatoms. The largest absolute Gasteiger partial charge is 0.289 e. The topological polar surface area (TPSA) is 17.1 Å². The van der Waals surface area contributed by atoms with Gasteiger partial charge in [-0.05, 0) is 85.7 Å². The molecular formula is C28H27BrCl2O. The van der Waals surface area contributed by atoms with Crippen LogP contribution in [-0.2, 0) is 12.8 Å². The predicted octanol–water partition coefficient (Wildman–Crippen LogP) is 9.31. The molecule has 3 aromatic rings. The van der Waals surface area contributed by atoms with E-state index in [9.17, 15) is 4.79 Å². The summed E-state index contributed by atoms with van der Waals surface area (Å²) in [6, 6.07) is 20.0. The summed E-state index contributed by atoms with van der Waals surface area (Å²) in [5.41, 5.74) is 5.49. The monoisotopic (exact) mass is 528 g/mol. The highest BCUT2D eigenvalue weighted by molar-refractivity contribution is 9.10. The van der Waals surface area contributed by atoms with Crippen molar-refractivity contribution < 1.29 is 4.79 Å². The number of benzene rings is 3. The van der Waals surface area contributed by atoms with Crippen LogP contribution in [0.2, 0.25) is 10.0 Å². The maximum atomic E-state index is 12.6. The number of carbonyl (C=O) groups excluding carboxylic acids is 1. The molecule has 3 aromatic carbocycles. The van der Waals surface area contributed by atoms with E-state index in [-0.39, 0.29) is 5.78 Å². The summed E-state index contributed by atoms with van der Waals surface area (Å²) in [5, 5.41) is 0.885. The van der Waals surface area contributed by atoms with Gasteiger partial charge in [-0.3, -0.25) is 4.79 Å². The molecule has 0 aliphatic rings. The molecule has 0 atom stereocenters. The van der Waals surface area contributed by atoms with Crippen LogP contribution in [0.1, 0.15) is 58.3 Å². The van der Waals surface area contributed by atoms with Gasteiger partial charge in [0.15, 0.2) is 5.78 Å². The number of allylic oxidation sites excluding steroid dienone is 1. The Kier molecular flexibility index (Phi) is 9.59. The van der Waals surface area contributed by atoms with Crippen LogP contribution in [0.25, 0.3) is 6.08 Å². The third-order valence-electron chi connectivity index (χ3n) is 5.50. The van der Waals surface area contributed by atoms with Crippen molar-refractivity contribution in [3.63, 3.8) is 0 Å². The first-order valence-corrected chi connectivity index (χ1v) is 12.5. The minimum atomic E-state index is -0.131. The van der Waals surface area contributed by atoms with Crippen LogP contribution < -0.4 is 0 Å². The third-order valence-corrected chi connectivity index (χ3v) is 6.54. The summed E-state index contributed by atoms with van der Waals surface area (Å²) >= 11 is 15.6. The van der Waals surface area contributed by atoms with E-state index in [1.165, 1.54) is 36.0 Å². The third kappa shape index (κ3) is 7.62. The highest BCUT2D eigenvalue weighted by atomic mass is 79.9. The van der Waals surface area contributed by atoms with E-state index in [2.05, 4.69) is 65.3 Å². The lowest BCUT2D eigenvalue weighted by Gasteiger charge is -2.08. The van der Waals surface area contributed by atoms with Gasteiger partial charge in [0.05, 0.1) is 5.02 Å². The minimum Gasteiger partial charge on any atom is -0.289 e. The average molecular weight is 530 g/mol. The predicted molar refractivity (Wildman–Crippen MR) is 141 cm³/mol. The number of rotatable bonds is 10. The fourth-order valence-corrected chi connectivity index (χ4v) is 4.53. The fraction of sp³-hybridized carbons (Fsp3) is 0.250. The van der Waals surface area contributed by atoms with Crippen molar-refractivity contribution in [1.29, 1.82) is 0 Å². The highest BCUT2D eigenvalue weighted by Crippen LogP contribution is 2.24. The van der Waals surface area contributed by atoms with Crippen molar-refractivity contribution in [2.45, 2.75) is 45.4 Å². The molecule has 0 fully saturated rings. The van der Waals surface area contributed by atoms with E-state index < -0.39 is 0 Å². The van der Waals surface area contributed by atoms with Crippen LogP contribution in [0.15, 0.2) is 71.2 Å². The van der Waals surface area contributed by atoms with Crippen LogP contribution in [-0.4, -0.2) is 5.78 Å². The number of aryl methyl sites for hydroxylation is 3. The Labute approximate surface area is 209 Å². The number of hydrogen-bond donors (Lipinski definition) is 0. The van der Waals surface area contributed by atoms with Gasteiger partial charge in [0.25, 0.3) is 0 Å². The van der Waals surface area contributed by atoms with E-state index in [4.69, 9.17) is 23.2 Å². The Balaban J connectivity index is 1.53. The molecule has 3 rings (SSSR count). The molecular weight excluding hydrogens is 503 g/mol. The number of carbonyl (C=O) groups is 1. The van der Waals surface area contributed by atoms with E-state index in [0.717, 1.165) is 29.3 Å². The Morgan fingerprint density at radius 1 is 0.875 bits per heavy atom. The Bertz CT molecular complexity index is 1090. The van der Waals surface area contributed by atoms with Crippen LogP contribution in [0, 0.1) is 6.92 Å². The fourth-order valence-electron chi connectivity index (χ4n) is 3.65. The number of ketones is 1. The lowest BCUT2D eigenvalue weighted by Crippen LogP contribution is -1.96. The Hall–Kier alpha value is -1.87. The first-order valence-electron chi connectivity index (χ1n) is 10.9. The van der Waals surface area contributed by atoms with E-state index >= 15 is 0 Å². The number of hydrogen-bond acceptors (Lipinski definition) is 1. The molecule has 0 bridgehead atoms. The van der Waals surface area contributed by atoms with Crippen molar-refractivity contribution in [1.82, 2.24) is 0 Å².